The standard InChI is InChI=1S/C18H20N2O3S/c1-12-8-16(24-11-12)18(22)19-14-6-5-13-4-3-7-20(15(13)9-14)17(21)10-23-2/h5-6,8-9,11H,3-4,7,10H2,1-2H3,(H,19,22). The van der Waals surface area contributed by atoms with E-state index in [1.54, 1.807) is 4.90 Å². The first-order valence-corrected chi connectivity index (χ1v) is 8.75. The van der Waals surface area contributed by atoms with Gasteiger partial charge >= 0.3 is 0 Å². The molecule has 1 aromatic carbocycles. The highest BCUT2D eigenvalue weighted by molar-refractivity contribution is 7.12. The molecule has 6 heteroatoms. The molecular formula is C18H20N2O3S. The van der Waals surface area contributed by atoms with Crippen LogP contribution in [0.4, 0.5) is 11.4 Å². The number of fused-ring (bicyclic) bond motifs is 1. The molecule has 2 heterocycles. The molecule has 3 rings (SSSR count). The van der Waals surface area contributed by atoms with Crippen molar-refractivity contribution in [2.75, 3.05) is 30.5 Å². The summed E-state index contributed by atoms with van der Waals surface area (Å²) in [7, 11) is 1.52. The highest BCUT2D eigenvalue weighted by atomic mass is 32.1. The van der Waals surface area contributed by atoms with E-state index < -0.39 is 0 Å². The van der Waals surface area contributed by atoms with Gasteiger partial charge in [0.25, 0.3) is 11.8 Å². The van der Waals surface area contributed by atoms with E-state index >= 15 is 0 Å². The molecular weight excluding hydrogens is 324 g/mol. The highest BCUT2D eigenvalue weighted by Gasteiger charge is 2.23. The van der Waals surface area contributed by atoms with Crippen LogP contribution in [0.2, 0.25) is 0 Å². The number of amides is 2. The summed E-state index contributed by atoms with van der Waals surface area (Å²) in [4.78, 5) is 27.0. The van der Waals surface area contributed by atoms with E-state index in [9.17, 15) is 9.59 Å². The molecule has 126 valence electrons. The smallest absolute Gasteiger partial charge is 0.265 e. The molecule has 0 saturated carbocycles. The number of nitrogens with one attached hydrogen (secondary N) is 1. The summed E-state index contributed by atoms with van der Waals surface area (Å²) in [6, 6.07) is 7.62. The summed E-state index contributed by atoms with van der Waals surface area (Å²) in [5, 5.41) is 4.87. The highest BCUT2D eigenvalue weighted by Crippen LogP contribution is 2.30. The predicted molar refractivity (Wildman–Crippen MR) is 96.0 cm³/mol. The summed E-state index contributed by atoms with van der Waals surface area (Å²) in [6.07, 6.45) is 1.87. The van der Waals surface area contributed by atoms with Gasteiger partial charge in [-0.2, -0.15) is 0 Å². The number of hydrogen-bond donors (Lipinski definition) is 1. The maximum Gasteiger partial charge on any atom is 0.265 e. The van der Waals surface area contributed by atoms with Crippen LogP contribution in [-0.2, 0) is 16.0 Å². The third kappa shape index (κ3) is 3.49. The monoisotopic (exact) mass is 344 g/mol. The largest absolute Gasteiger partial charge is 0.375 e. The fourth-order valence-corrected chi connectivity index (χ4v) is 3.65. The normalized spacial score (nSPS) is 13.5. The average Bonchev–Trinajstić information content (AvgIpc) is 3.01. The molecule has 0 atom stereocenters. The van der Waals surface area contributed by atoms with Crippen LogP contribution in [0.1, 0.15) is 27.2 Å². The topological polar surface area (TPSA) is 58.6 Å². The van der Waals surface area contributed by atoms with Gasteiger partial charge in [0.05, 0.1) is 4.88 Å². The van der Waals surface area contributed by atoms with Gasteiger partial charge in [0.15, 0.2) is 0 Å². The number of carbonyl (C=O) groups is 2. The summed E-state index contributed by atoms with van der Waals surface area (Å²) in [5.74, 6) is -0.186. The predicted octanol–water partition coefficient (Wildman–Crippen LogP) is 3.23. The Bertz CT molecular complexity index is 769. The van der Waals surface area contributed by atoms with Crippen molar-refractivity contribution in [3.05, 3.63) is 45.6 Å². The zero-order valence-corrected chi connectivity index (χ0v) is 14.6. The van der Waals surface area contributed by atoms with E-state index in [0.29, 0.717) is 17.1 Å². The number of ether oxygens (including phenoxy) is 1. The Labute approximate surface area is 145 Å². The molecule has 2 amide bonds. The van der Waals surface area contributed by atoms with Crippen molar-refractivity contribution in [2.45, 2.75) is 19.8 Å². The number of nitrogens with zero attached hydrogens (tertiary/aromatic N) is 1. The van der Waals surface area contributed by atoms with Crippen molar-refractivity contribution < 1.29 is 14.3 Å². The second-order valence-electron chi connectivity index (χ2n) is 5.87. The molecule has 1 aromatic heterocycles. The molecule has 5 nitrogen and oxygen atoms in total. The first kappa shape index (κ1) is 16.7. The number of anilines is 2. The van der Waals surface area contributed by atoms with Crippen LogP contribution in [0.5, 0.6) is 0 Å². The third-order valence-electron chi connectivity index (χ3n) is 3.99. The summed E-state index contributed by atoms with van der Waals surface area (Å²) in [6.45, 7) is 2.70. The molecule has 1 N–H and O–H groups in total. The Morgan fingerprint density at radius 2 is 2.17 bits per heavy atom. The van der Waals surface area contributed by atoms with Crippen LogP contribution in [0.25, 0.3) is 0 Å². The van der Waals surface area contributed by atoms with Crippen LogP contribution < -0.4 is 10.2 Å². The van der Waals surface area contributed by atoms with Crippen molar-refractivity contribution >= 4 is 34.5 Å². The molecule has 2 aromatic rings. The minimum Gasteiger partial charge on any atom is -0.375 e. The lowest BCUT2D eigenvalue weighted by Crippen LogP contribution is -2.37. The average molecular weight is 344 g/mol. The number of methoxy groups -OCH3 is 1. The maximum atomic E-state index is 12.3. The van der Waals surface area contributed by atoms with Gasteiger partial charge in [-0.3, -0.25) is 9.59 Å². The SMILES string of the molecule is COCC(=O)N1CCCc2ccc(NC(=O)c3cc(C)cs3)cc21. The Morgan fingerprint density at radius 3 is 2.88 bits per heavy atom. The van der Waals surface area contributed by atoms with Gasteiger partial charge in [-0.15, -0.1) is 11.3 Å². The molecule has 0 unspecified atom stereocenters. The lowest BCUT2D eigenvalue weighted by atomic mass is 10.0. The maximum absolute atomic E-state index is 12.3. The van der Waals surface area contributed by atoms with Crippen molar-refractivity contribution in [3.8, 4) is 0 Å². The molecule has 0 bridgehead atoms. The lowest BCUT2D eigenvalue weighted by Gasteiger charge is -2.29. The summed E-state index contributed by atoms with van der Waals surface area (Å²) >= 11 is 1.42. The first-order valence-electron chi connectivity index (χ1n) is 7.87. The fraction of sp³-hybridized carbons (Fsp3) is 0.333. The van der Waals surface area contributed by atoms with E-state index in [2.05, 4.69) is 5.32 Å². The van der Waals surface area contributed by atoms with Gasteiger partial charge in [-0.1, -0.05) is 6.07 Å². The number of benzene rings is 1. The zero-order valence-electron chi connectivity index (χ0n) is 13.8. The second-order valence-corrected chi connectivity index (χ2v) is 6.78. The van der Waals surface area contributed by atoms with Crippen LogP contribution in [0, 0.1) is 6.92 Å². The zero-order chi connectivity index (χ0) is 17.1. The number of rotatable bonds is 4. The van der Waals surface area contributed by atoms with Gasteiger partial charge < -0.3 is 15.0 Å². The fourth-order valence-electron chi connectivity index (χ4n) is 2.86. The first-order chi connectivity index (χ1) is 11.6. The molecule has 24 heavy (non-hydrogen) atoms. The lowest BCUT2D eigenvalue weighted by molar-refractivity contribution is -0.122. The third-order valence-corrected chi connectivity index (χ3v) is 5.03. The van der Waals surface area contributed by atoms with E-state index in [1.165, 1.54) is 18.4 Å². The van der Waals surface area contributed by atoms with Crippen molar-refractivity contribution in [1.82, 2.24) is 0 Å². The number of thiophene rings is 1. The molecule has 0 spiro atoms. The molecule has 0 saturated heterocycles. The molecule has 0 aliphatic carbocycles. The Kier molecular flexibility index (Phi) is 4.97. The van der Waals surface area contributed by atoms with Gasteiger partial charge in [-0.25, -0.2) is 0 Å². The van der Waals surface area contributed by atoms with Gasteiger partial charge in [-0.05, 0) is 54.5 Å². The number of hydrogen-bond acceptors (Lipinski definition) is 4. The van der Waals surface area contributed by atoms with Crippen molar-refractivity contribution in [2.24, 2.45) is 0 Å². The van der Waals surface area contributed by atoms with Crippen LogP contribution in [-0.4, -0.2) is 32.1 Å². The summed E-state index contributed by atoms with van der Waals surface area (Å²) < 4.78 is 4.97. The Hall–Kier alpha value is -2.18. The van der Waals surface area contributed by atoms with Crippen LogP contribution >= 0.6 is 11.3 Å². The van der Waals surface area contributed by atoms with Crippen LogP contribution in [0.15, 0.2) is 29.6 Å². The van der Waals surface area contributed by atoms with E-state index in [-0.39, 0.29) is 18.4 Å². The minimum atomic E-state index is -0.126. The van der Waals surface area contributed by atoms with E-state index in [4.69, 9.17) is 4.74 Å². The molecule has 0 radical (unpaired) electrons. The Morgan fingerprint density at radius 1 is 1.33 bits per heavy atom. The van der Waals surface area contributed by atoms with Crippen molar-refractivity contribution in [1.29, 1.82) is 0 Å². The van der Waals surface area contributed by atoms with Gasteiger partial charge in [0.2, 0.25) is 0 Å². The van der Waals surface area contributed by atoms with Gasteiger partial charge in [0.1, 0.15) is 6.61 Å². The number of carbonyl (C=O) groups excluding carboxylic acids is 2. The molecule has 0 fully saturated rings. The molecule has 1 aliphatic rings. The number of aryl methyl sites for hydroxylation is 2. The van der Waals surface area contributed by atoms with E-state index in [0.717, 1.165) is 29.7 Å². The quantitative estimate of drug-likeness (QED) is 0.926. The van der Waals surface area contributed by atoms with E-state index in [1.807, 2.05) is 36.6 Å². The Balaban J connectivity index is 1.82. The van der Waals surface area contributed by atoms with Gasteiger partial charge in [0, 0.05) is 25.0 Å². The van der Waals surface area contributed by atoms with Crippen LogP contribution in [0.3, 0.4) is 0 Å². The summed E-state index contributed by atoms with van der Waals surface area (Å²) in [5.41, 5.74) is 3.76. The second kappa shape index (κ2) is 7.15. The minimum absolute atomic E-state index is 0.0594. The molecule has 1 aliphatic heterocycles. The van der Waals surface area contributed by atoms with Crippen molar-refractivity contribution in [3.63, 3.8) is 0 Å².